The standard InChI is InChI=1S/C22H30N2O3S/c1-5-6-11-26-20-13-17(2)21(18(3)14-20)10-8-7-9-12-27-22-24-19(16-28-22)15-23-25-4/h5-6,13-16H,7-12H2,1-4H3/b6-5+,23-15+. The number of unbranched alkanes of at least 4 members (excludes halogenated alkanes) is 2. The minimum atomic E-state index is 0.620. The van der Waals surface area contributed by atoms with Crippen molar-refractivity contribution in [3.8, 4) is 10.9 Å². The lowest BCUT2D eigenvalue weighted by Gasteiger charge is -2.13. The summed E-state index contributed by atoms with van der Waals surface area (Å²) in [6.07, 6.45) is 9.97. The average molecular weight is 403 g/mol. The molecule has 0 spiro atoms. The third-order valence-corrected chi connectivity index (χ3v) is 5.11. The molecule has 0 saturated heterocycles. The number of rotatable bonds is 12. The van der Waals surface area contributed by atoms with E-state index in [9.17, 15) is 0 Å². The maximum absolute atomic E-state index is 5.76. The van der Waals surface area contributed by atoms with Gasteiger partial charge in [-0.1, -0.05) is 28.6 Å². The Kier molecular flexibility index (Phi) is 9.55. The summed E-state index contributed by atoms with van der Waals surface area (Å²) in [5, 5.41) is 6.27. The van der Waals surface area contributed by atoms with E-state index in [1.165, 1.54) is 35.1 Å². The lowest BCUT2D eigenvalue weighted by Crippen LogP contribution is -2.00. The molecular weight excluding hydrogens is 372 g/mol. The van der Waals surface area contributed by atoms with E-state index >= 15 is 0 Å². The number of thiazole rings is 1. The van der Waals surface area contributed by atoms with Crippen LogP contribution in [0.15, 0.2) is 34.8 Å². The van der Waals surface area contributed by atoms with Crippen molar-refractivity contribution in [1.29, 1.82) is 0 Å². The van der Waals surface area contributed by atoms with Crippen LogP contribution in [-0.2, 0) is 11.3 Å². The van der Waals surface area contributed by atoms with Gasteiger partial charge in [-0.15, -0.1) is 0 Å². The Balaban J connectivity index is 1.70. The summed E-state index contributed by atoms with van der Waals surface area (Å²) < 4.78 is 11.5. The van der Waals surface area contributed by atoms with E-state index < -0.39 is 0 Å². The van der Waals surface area contributed by atoms with Crippen molar-refractivity contribution < 1.29 is 14.3 Å². The van der Waals surface area contributed by atoms with E-state index in [2.05, 4.69) is 41.0 Å². The predicted molar refractivity (Wildman–Crippen MR) is 116 cm³/mol. The van der Waals surface area contributed by atoms with Crippen molar-refractivity contribution >= 4 is 17.6 Å². The van der Waals surface area contributed by atoms with Crippen LogP contribution in [0.1, 0.15) is 48.6 Å². The minimum Gasteiger partial charge on any atom is -0.490 e. The zero-order valence-electron chi connectivity index (χ0n) is 17.2. The first kappa shape index (κ1) is 22.0. The number of benzene rings is 1. The van der Waals surface area contributed by atoms with Crippen LogP contribution >= 0.6 is 11.3 Å². The van der Waals surface area contributed by atoms with Gasteiger partial charge in [0.25, 0.3) is 5.19 Å². The number of aromatic nitrogens is 1. The highest BCUT2D eigenvalue weighted by molar-refractivity contribution is 7.11. The molecule has 28 heavy (non-hydrogen) atoms. The number of ether oxygens (including phenoxy) is 2. The summed E-state index contributed by atoms with van der Waals surface area (Å²) >= 11 is 1.48. The topological polar surface area (TPSA) is 52.9 Å². The van der Waals surface area contributed by atoms with Gasteiger partial charge < -0.3 is 14.3 Å². The average Bonchev–Trinajstić information content (AvgIpc) is 3.12. The molecular formula is C22H30N2O3S. The van der Waals surface area contributed by atoms with Crippen molar-refractivity contribution in [2.45, 2.75) is 46.5 Å². The van der Waals surface area contributed by atoms with Gasteiger partial charge in [-0.25, -0.2) is 4.98 Å². The molecule has 5 nitrogen and oxygen atoms in total. The van der Waals surface area contributed by atoms with Gasteiger partial charge in [0.2, 0.25) is 0 Å². The van der Waals surface area contributed by atoms with Crippen LogP contribution in [-0.4, -0.2) is 31.5 Å². The van der Waals surface area contributed by atoms with Crippen LogP contribution in [0.3, 0.4) is 0 Å². The Morgan fingerprint density at radius 3 is 2.61 bits per heavy atom. The molecule has 152 valence electrons. The Hall–Kier alpha value is -2.34. The van der Waals surface area contributed by atoms with Crippen molar-refractivity contribution in [1.82, 2.24) is 4.98 Å². The first-order valence-corrected chi connectivity index (χ1v) is 10.5. The van der Waals surface area contributed by atoms with Gasteiger partial charge >= 0.3 is 0 Å². The molecule has 0 saturated carbocycles. The molecule has 2 aromatic rings. The van der Waals surface area contributed by atoms with E-state index in [1.807, 2.05) is 24.5 Å². The molecule has 1 aromatic heterocycles. The van der Waals surface area contributed by atoms with Crippen LogP contribution in [0.5, 0.6) is 10.9 Å². The normalized spacial score (nSPS) is 11.4. The van der Waals surface area contributed by atoms with Gasteiger partial charge in [-0.3, -0.25) is 0 Å². The summed E-state index contributed by atoms with van der Waals surface area (Å²) in [5.74, 6) is 0.948. The molecule has 2 rings (SSSR count). The van der Waals surface area contributed by atoms with Gasteiger partial charge in [0, 0.05) is 5.38 Å². The van der Waals surface area contributed by atoms with E-state index in [4.69, 9.17) is 9.47 Å². The van der Waals surface area contributed by atoms with E-state index in [0.29, 0.717) is 18.4 Å². The molecule has 0 atom stereocenters. The summed E-state index contributed by atoms with van der Waals surface area (Å²) in [4.78, 5) is 8.97. The minimum absolute atomic E-state index is 0.620. The Bertz CT molecular complexity index is 761. The fourth-order valence-electron chi connectivity index (χ4n) is 2.91. The number of hydrogen-bond donors (Lipinski definition) is 0. The molecule has 0 aliphatic heterocycles. The van der Waals surface area contributed by atoms with Crippen molar-refractivity contribution in [2.75, 3.05) is 20.3 Å². The number of allylic oxidation sites excluding steroid dienone is 1. The van der Waals surface area contributed by atoms with Crippen molar-refractivity contribution in [3.63, 3.8) is 0 Å². The number of nitrogens with zero attached hydrogens (tertiary/aromatic N) is 2. The summed E-state index contributed by atoms with van der Waals surface area (Å²) in [7, 11) is 1.51. The second-order valence-corrected chi connectivity index (χ2v) is 7.35. The zero-order valence-corrected chi connectivity index (χ0v) is 18.1. The predicted octanol–water partition coefficient (Wildman–Crippen LogP) is 5.49. The smallest absolute Gasteiger partial charge is 0.273 e. The van der Waals surface area contributed by atoms with Crippen LogP contribution in [0.4, 0.5) is 0 Å². The molecule has 1 heterocycles. The summed E-state index contributed by atoms with van der Waals surface area (Å²) in [6, 6.07) is 4.28. The lowest BCUT2D eigenvalue weighted by molar-refractivity contribution is 0.215. The monoisotopic (exact) mass is 402 g/mol. The highest BCUT2D eigenvalue weighted by Crippen LogP contribution is 2.24. The van der Waals surface area contributed by atoms with Crippen LogP contribution in [0, 0.1) is 13.8 Å². The quantitative estimate of drug-likeness (QED) is 0.204. The van der Waals surface area contributed by atoms with E-state index in [1.54, 1.807) is 6.21 Å². The summed E-state index contributed by atoms with van der Waals surface area (Å²) in [5.41, 5.74) is 4.80. The van der Waals surface area contributed by atoms with E-state index in [0.717, 1.165) is 37.1 Å². The van der Waals surface area contributed by atoms with Crippen molar-refractivity contribution in [3.05, 3.63) is 52.0 Å². The van der Waals surface area contributed by atoms with Gasteiger partial charge in [0.05, 0.1) is 18.5 Å². The third-order valence-electron chi connectivity index (χ3n) is 4.34. The van der Waals surface area contributed by atoms with Crippen LogP contribution < -0.4 is 9.47 Å². The Morgan fingerprint density at radius 2 is 1.89 bits per heavy atom. The summed E-state index contributed by atoms with van der Waals surface area (Å²) in [6.45, 7) is 7.64. The highest BCUT2D eigenvalue weighted by Gasteiger charge is 2.06. The maximum Gasteiger partial charge on any atom is 0.273 e. The highest BCUT2D eigenvalue weighted by atomic mass is 32.1. The second-order valence-electron chi connectivity index (χ2n) is 6.53. The molecule has 0 radical (unpaired) electrons. The SMILES string of the molecule is C/C=C/COc1cc(C)c(CCCCCOc2nc(/C=N/OC)cs2)c(C)c1. The second kappa shape index (κ2) is 12.2. The third kappa shape index (κ3) is 7.35. The van der Waals surface area contributed by atoms with Crippen LogP contribution in [0.2, 0.25) is 0 Å². The molecule has 0 aliphatic rings. The van der Waals surface area contributed by atoms with Gasteiger partial charge in [-0.2, -0.15) is 0 Å². The van der Waals surface area contributed by atoms with Gasteiger partial charge in [0.1, 0.15) is 19.5 Å². The maximum atomic E-state index is 5.76. The molecule has 6 heteroatoms. The largest absolute Gasteiger partial charge is 0.490 e. The Labute approximate surface area is 172 Å². The molecule has 0 aliphatic carbocycles. The molecule has 0 amide bonds. The molecule has 0 fully saturated rings. The zero-order chi connectivity index (χ0) is 20.2. The fraction of sp³-hybridized carbons (Fsp3) is 0.455. The fourth-order valence-corrected chi connectivity index (χ4v) is 3.56. The van der Waals surface area contributed by atoms with E-state index in [-0.39, 0.29) is 0 Å². The van der Waals surface area contributed by atoms with Gasteiger partial charge in [-0.05, 0) is 75.3 Å². The van der Waals surface area contributed by atoms with Gasteiger partial charge in [0.15, 0.2) is 0 Å². The molecule has 0 N–H and O–H groups in total. The number of hydrogen-bond acceptors (Lipinski definition) is 6. The Morgan fingerprint density at radius 1 is 1.11 bits per heavy atom. The van der Waals surface area contributed by atoms with Crippen LogP contribution in [0.25, 0.3) is 0 Å². The molecule has 0 unspecified atom stereocenters. The van der Waals surface area contributed by atoms with Crippen molar-refractivity contribution in [2.24, 2.45) is 5.16 Å². The number of oxime groups is 1. The molecule has 1 aromatic carbocycles. The first-order valence-electron chi connectivity index (χ1n) is 9.63. The molecule has 0 bridgehead atoms. The lowest BCUT2D eigenvalue weighted by atomic mass is 9.97. The number of aryl methyl sites for hydroxylation is 2. The first-order chi connectivity index (χ1) is 13.6.